The van der Waals surface area contributed by atoms with Gasteiger partial charge < -0.3 is 19.7 Å². The number of amides is 1. The van der Waals surface area contributed by atoms with Crippen molar-refractivity contribution in [2.45, 2.75) is 37.8 Å². The van der Waals surface area contributed by atoms with Gasteiger partial charge in [0.2, 0.25) is 5.91 Å². The van der Waals surface area contributed by atoms with Crippen LogP contribution in [0.2, 0.25) is 0 Å². The summed E-state index contributed by atoms with van der Waals surface area (Å²) < 4.78 is 10.9. The molecular weight excluding hydrogens is 232 g/mol. The Balaban J connectivity index is 1.79. The molecule has 0 aromatic heterocycles. The normalized spacial score (nSPS) is 29.8. The van der Waals surface area contributed by atoms with Crippen LogP contribution >= 0.6 is 0 Å². The van der Waals surface area contributed by atoms with Gasteiger partial charge in [-0.2, -0.15) is 0 Å². The highest BCUT2D eigenvalue weighted by Gasteiger charge is 2.35. The fourth-order valence-electron chi connectivity index (χ4n) is 2.60. The van der Waals surface area contributed by atoms with Crippen molar-refractivity contribution in [3.63, 3.8) is 0 Å². The quantitative estimate of drug-likeness (QED) is 0.773. The minimum atomic E-state index is -0.250. The van der Waals surface area contributed by atoms with E-state index in [1.54, 1.807) is 7.11 Å². The molecule has 0 aromatic carbocycles. The lowest BCUT2D eigenvalue weighted by atomic mass is 10.0. The van der Waals surface area contributed by atoms with Gasteiger partial charge in [0.25, 0.3) is 0 Å². The van der Waals surface area contributed by atoms with Gasteiger partial charge in [-0.05, 0) is 19.8 Å². The summed E-state index contributed by atoms with van der Waals surface area (Å²) in [7, 11) is 1.71. The molecule has 0 radical (unpaired) electrons. The largest absolute Gasteiger partial charge is 0.378 e. The number of methoxy groups -OCH3 is 1. The second-order valence-corrected chi connectivity index (χ2v) is 5.32. The Labute approximate surface area is 109 Å². The van der Waals surface area contributed by atoms with Crippen molar-refractivity contribution in [3.05, 3.63) is 0 Å². The minimum Gasteiger partial charge on any atom is -0.378 e. The van der Waals surface area contributed by atoms with Crippen LogP contribution in [0.25, 0.3) is 0 Å². The molecular formula is C13H24N2O3. The summed E-state index contributed by atoms with van der Waals surface area (Å²) >= 11 is 0. The van der Waals surface area contributed by atoms with Gasteiger partial charge in [-0.25, -0.2) is 0 Å². The number of hydrogen-bond donors (Lipinski definition) is 1. The van der Waals surface area contributed by atoms with Crippen LogP contribution in [0.1, 0.15) is 26.2 Å². The van der Waals surface area contributed by atoms with Gasteiger partial charge in [0.1, 0.15) is 5.60 Å². The van der Waals surface area contributed by atoms with Crippen molar-refractivity contribution in [2.24, 2.45) is 0 Å². The van der Waals surface area contributed by atoms with Crippen LogP contribution in [0.5, 0.6) is 0 Å². The molecule has 0 aromatic rings. The third kappa shape index (κ3) is 3.02. The molecule has 5 heteroatoms. The highest BCUT2D eigenvalue weighted by Crippen LogP contribution is 2.21. The number of likely N-dealkylation sites (tertiary alicyclic amines) is 1. The van der Waals surface area contributed by atoms with Gasteiger partial charge in [-0.3, -0.25) is 4.79 Å². The number of ether oxygens (including phenoxy) is 2. The lowest BCUT2D eigenvalue weighted by Crippen LogP contribution is -2.50. The van der Waals surface area contributed by atoms with E-state index in [4.69, 9.17) is 9.47 Å². The van der Waals surface area contributed by atoms with Crippen molar-refractivity contribution in [2.75, 3.05) is 40.0 Å². The second kappa shape index (κ2) is 5.99. The van der Waals surface area contributed by atoms with E-state index in [1.165, 1.54) is 0 Å². The number of carbonyl (C=O) groups is 1. The maximum Gasteiger partial charge on any atom is 0.239 e. The monoisotopic (exact) mass is 256 g/mol. The van der Waals surface area contributed by atoms with Crippen molar-refractivity contribution >= 4 is 5.91 Å². The molecule has 18 heavy (non-hydrogen) atoms. The fourth-order valence-corrected chi connectivity index (χ4v) is 2.60. The molecule has 0 bridgehead atoms. The molecule has 5 nitrogen and oxygen atoms in total. The molecule has 2 aliphatic rings. The molecule has 1 amide bonds. The molecule has 0 aliphatic carbocycles. The maximum atomic E-state index is 12.1. The first kappa shape index (κ1) is 13.8. The van der Waals surface area contributed by atoms with E-state index < -0.39 is 0 Å². The average molecular weight is 256 g/mol. The zero-order chi connectivity index (χ0) is 13.0. The van der Waals surface area contributed by atoms with E-state index in [-0.39, 0.29) is 17.6 Å². The Bertz CT molecular complexity index is 284. The van der Waals surface area contributed by atoms with Crippen LogP contribution in [0.4, 0.5) is 0 Å². The van der Waals surface area contributed by atoms with Gasteiger partial charge in [0, 0.05) is 39.8 Å². The molecule has 104 valence electrons. The molecule has 2 aliphatic heterocycles. The highest BCUT2D eigenvalue weighted by molar-refractivity contribution is 5.81. The summed E-state index contributed by atoms with van der Waals surface area (Å²) in [6.45, 7) is 5.77. The first-order chi connectivity index (χ1) is 8.67. The van der Waals surface area contributed by atoms with Gasteiger partial charge in [0.15, 0.2) is 0 Å². The molecule has 2 saturated heterocycles. The number of rotatable bonds is 5. The molecule has 2 unspecified atom stereocenters. The summed E-state index contributed by atoms with van der Waals surface area (Å²) in [4.78, 5) is 14.1. The summed E-state index contributed by atoms with van der Waals surface area (Å²) in [6.07, 6.45) is 3.16. The van der Waals surface area contributed by atoms with E-state index in [1.807, 2.05) is 11.8 Å². The van der Waals surface area contributed by atoms with E-state index in [0.717, 1.165) is 39.0 Å². The zero-order valence-corrected chi connectivity index (χ0v) is 11.4. The van der Waals surface area contributed by atoms with Crippen LogP contribution in [0.15, 0.2) is 0 Å². The third-order valence-corrected chi connectivity index (χ3v) is 4.02. The van der Waals surface area contributed by atoms with Gasteiger partial charge in [-0.15, -0.1) is 0 Å². The first-order valence-corrected chi connectivity index (χ1v) is 6.82. The lowest BCUT2D eigenvalue weighted by molar-refractivity contribution is -0.132. The highest BCUT2D eigenvalue weighted by atomic mass is 16.5. The van der Waals surface area contributed by atoms with Crippen LogP contribution < -0.4 is 5.32 Å². The van der Waals surface area contributed by atoms with Crippen molar-refractivity contribution < 1.29 is 14.3 Å². The molecule has 2 rings (SSSR count). The Morgan fingerprint density at radius 3 is 2.78 bits per heavy atom. The van der Waals surface area contributed by atoms with Gasteiger partial charge in [-0.1, -0.05) is 0 Å². The Hall–Kier alpha value is -0.650. The molecule has 0 spiro atoms. The van der Waals surface area contributed by atoms with Crippen molar-refractivity contribution in [1.82, 2.24) is 10.2 Å². The average Bonchev–Trinajstić information content (AvgIpc) is 3.06. The van der Waals surface area contributed by atoms with Crippen molar-refractivity contribution in [3.8, 4) is 0 Å². The Kier molecular flexibility index (Phi) is 4.59. The molecule has 2 heterocycles. The Morgan fingerprint density at radius 1 is 1.50 bits per heavy atom. The van der Waals surface area contributed by atoms with E-state index in [2.05, 4.69) is 5.32 Å². The number of nitrogens with zero attached hydrogens (tertiary/aromatic N) is 1. The summed E-state index contributed by atoms with van der Waals surface area (Å²) in [5.41, 5.74) is -0.250. The predicted molar refractivity (Wildman–Crippen MR) is 68.5 cm³/mol. The van der Waals surface area contributed by atoms with Gasteiger partial charge >= 0.3 is 0 Å². The second-order valence-electron chi connectivity index (χ2n) is 5.32. The SMILES string of the molecule is COC1(CNC(C)C(=O)N2CCCC2)CCOC1. The van der Waals surface area contributed by atoms with Crippen LogP contribution in [-0.4, -0.2) is 62.4 Å². The molecule has 1 N–H and O–H groups in total. The van der Waals surface area contributed by atoms with E-state index >= 15 is 0 Å². The number of carbonyl (C=O) groups excluding carboxylic acids is 1. The molecule has 0 saturated carbocycles. The minimum absolute atomic E-state index is 0.143. The lowest BCUT2D eigenvalue weighted by Gasteiger charge is -2.29. The smallest absolute Gasteiger partial charge is 0.239 e. The topological polar surface area (TPSA) is 50.8 Å². The van der Waals surface area contributed by atoms with Crippen LogP contribution in [0, 0.1) is 0 Å². The fraction of sp³-hybridized carbons (Fsp3) is 0.923. The number of nitrogens with one attached hydrogen (secondary N) is 1. The summed E-state index contributed by atoms with van der Waals surface area (Å²) in [6, 6.07) is -0.143. The van der Waals surface area contributed by atoms with Gasteiger partial charge in [0.05, 0.1) is 12.6 Å². The molecule has 2 atom stereocenters. The predicted octanol–water partition coefficient (Wildman–Crippen LogP) is 0.392. The van der Waals surface area contributed by atoms with E-state index in [0.29, 0.717) is 13.2 Å². The first-order valence-electron chi connectivity index (χ1n) is 6.82. The maximum absolute atomic E-state index is 12.1. The summed E-state index contributed by atoms with van der Waals surface area (Å²) in [5.74, 6) is 0.206. The number of hydrogen-bond acceptors (Lipinski definition) is 4. The Morgan fingerprint density at radius 2 is 2.22 bits per heavy atom. The van der Waals surface area contributed by atoms with Crippen LogP contribution in [0.3, 0.4) is 0 Å². The molecule has 2 fully saturated rings. The van der Waals surface area contributed by atoms with E-state index in [9.17, 15) is 4.79 Å². The van der Waals surface area contributed by atoms with Crippen LogP contribution in [-0.2, 0) is 14.3 Å². The standard InChI is InChI=1S/C13H24N2O3/c1-11(12(16)15-6-3-4-7-15)14-9-13(17-2)5-8-18-10-13/h11,14H,3-10H2,1-2H3. The zero-order valence-electron chi connectivity index (χ0n) is 11.4. The summed E-state index contributed by atoms with van der Waals surface area (Å²) in [5, 5.41) is 3.30. The van der Waals surface area contributed by atoms with Crippen molar-refractivity contribution in [1.29, 1.82) is 0 Å². The third-order valence-electron chi connectivity index (χ3n) is 4.02.